The van der Waals surface area contributed by atoms with Gasteiger partial charge >= 0.3 is 0 Å². The predicted molar refractivity (Wildman–Crippen MR) is 58.8 cm³/mol. The number of piperidine rings is 1. The van der Waals surface area contributed by atoms with Crippen LogP contribution >= 0.6 is 0 Å². The Morgan fingerprint density at radius 2 is 2.20 bits per heavy atom. The van der Waals surface area contributed by atoms with Gasteiger partial charge in [-0.25, -0.2) is 4.98 Å². The first-order valence-electron chi connectivity index (χ1n) is 5.68. The number of piperazine rings is 1. The topological polar surface area (TPSA) is 32.3 Å². The third-order valence-corrected chi connectivity index (χ3v) is 3.42. The molecule has 3 rings (SSSR count). The Balaban J connectivity index is 1.81. The van der Waals surface area contributed by atoms with Crippen molar-refractivity contribution in [3.63, 3.8) is 0 Å². The van der Waals surface area contributed by atoms with Crippen molar-refractivity contribution in [3.8, 4) is 0 Å². The summed E-state index contributed by atoms with van der Waals surface area (Å²) in [5.74, 6) is 1.05. The van der Waals surface area contributed by atoms with Crippen LogP contribution in [0, 0.1) is 0 Å². The van der Waals surface area contributed by atoms with Gasteiger partial charge in [-0.2, -0.15) is 0 Å². The molecule has 0 aliphatic carbocycles. The lowest BCUT2D eigenvalue weighted by atomic mass is 10.0. The van der Waals surface area contributed by atoms with Gasteiger partial charge in [-0.1, -0.05) is 0 Å². The van der Waals surface area contributed by atoms with Crippen molar-refractivity contribution in [1.29, 1.82) is 0 Å². The summed E-state index contributed by atoms with van der Waals surface area (Å²) in [5, 5.41) is 0. The molecule has 0 N–H and O–H groups in total. The fourth-order valence-corrected chi connectivity index (χ4v) is 2.66. The van der Waals surface area contributed by atoms with Gasteiger partial charge in [-0.15, -0.1) is 0 Å². The van der Waals surface area contributed by atoms with E-state index >= 15 is 0 Å². The van der Waals surface area contributed by atoms with Crippen molar-refractivity contribution in [3.05, 3.63) is 18.6 Å². The molecule has 0 saturated carbocycles. The monoisotopic (exact) mass is 204 g/mol. The molecule has 2 atom stereocenters. The minimum absolute atomic E-state index is 0.657. The number of fused-ring (bicyclic) bond motifs is 2. The first-order valence-corrected chi connectivity index (χ1v) is 5.68. The molecule has 80 valence electrons. The summed E-state index contributed by atoms with van der Waals surface area (Å²) in [5.41, 5.74) is 0. The van der Waals surface area contributed by atoms with Crippen LogP contribution in [0.25, 0.3) is 0 Å². The molecule has 2 unspecified atom stereocenters. The molecule has 0 radical (unpaired) electrons. The second-order valence-electron chi connectivity index (χ2n) is 4.35. The van der Waals surface area contributed by atoms with Crippen molar-refractivity contribution < 1.29 is 0 Å². The van der Waals surface area contributed by atoms with Gasteiger partial charge in [-0.05, 0) is 19.4 Å². The van der Waals surface area contributed by atoms with E-state index in [2.05, 4.69) is 19.8 Å². The van der Waals surface area contributed by atoms with Crippen LogP contribution in [0.2, 0.25) is 0 Å². The summed E-state index contributed by atoms with van der Waals surface area (Å²) >= 11 is 0. The summed E-state index contributed by atoms with van der Waals surface area (Å²) in [7, 11) is 0. The fraction of sp³-hybridized carbons (Fsp3) is 0.636. The highest BCUT2D eigenvalue weighted by atomic mass is 15.3. The maximum absolute atomic E-state index is 4.39. The molecule has 0 spiro atoms. The maximum atomic E-state index is 4.39. The van der Waals surface area contributed by atoms with Crippen LogP contribution in [-0.2, 0) is 0 Å². The van der Waals surface area contributed by atoms with Crippen molar-refractivity contribution >= 4 is 5.82 Å². The third-order valence-electron chi connectivity index (χ3n) is 3.42. The SMILES string of the molecule is c1cnc(N2CCN3CCCC2C3)cn1. The van der Waals surface area contributed by atoms with Gasteiger partial charge in [0.05, 0.1) is 6.20 Å². The van der Waals surface area contributed by atoms with E-state index in [1.807, 2.05) is 6.20 Å². The summed E-state index contributed by atoms with van der Waals surface area (Å²) in [6, 6.07) is 0.657. The van der Waals surface area contributed by atoms with Gasteiger partial charge in [0.1, 0.15) is 5.82 Å². The van der Waals surface area contributed by atoms with Gasteiger partial charge in [0.15, 0.2) is 0 Å². The Labute approximate surface area is 89.9 Å². The lowest BCUT2D eigenvalue weighted by Crippen LogP contribution is -2.56. The largest absolute Gasteiger partial charge is 0.350 e. The van der Waals surface area contributed by atoms with Crippen LogP contribution < -0.4 is 4.90 Å². The van der Waals surface area contributed by atoms with Crippen LogP contribution in [0.15, 0.2) is 18.6 Å². The van der Waals surface area contributed by atoms with Gasteiger partial charge in [-0.3, -0.25) is 9.88 Å². The molecule has 3 heterocycles. The standard InChI is InChI=1S/C11H16N4/c1-2-10-9-14(5-1)6-7-15(10)11-8-12-3-4-13-11/h3-4,8,10H,1-2,5-7,9H2. The second kappa shape index (κ2) is 3.77. The fourth-order valence-electron chi connectivity index (χ4n) is 2.66. The van der Waals surface area contributed by atoms with E-state index < -0.39 is 0 Å². The van der Waals surface area contributed by atoms with Crippen LogP contribution in [0.4, 0.5) is 5.82 Å². The zero-order chi connectivity index (χ0) is 10.1. The maximum Gasteiger partial charge on any atom is 0.147 e. The van der Waals surface area contributed by atoms with Gasteiger partial charge in [0.25, 0.3) is 0 Å². The molecular formula is C11H16N4. The Morgan fingerprint density at radius 3 is 3.07 bits per heavy atom. The number of rotatable bonds is 1. The molecule has 2 bridgehead atoms. The molecule has 2 fully saturated rings. The van der Waals surface area contributed by atoms with E-state index in [-0.39, 0.29) is 0 Å². The average Bonchev–Trinajstić information content (AvgIpc) is 2.31. The molecule has 2 aliphatic heterocycles. The quantitative estimate of drug-likeness (QED) is 0.676. The third kappa shape index (κ3) is 1.69. The highest BCUT2D eigenvalue weighted by molar-refractivity contribution is 5.38. The second-order valence-corrected chi connectivity index (χ2v) is 4.35. The first-order chi connectivity index (χ1) is 7.43. The average molecular weight is 204 g/mol. The number of anilines is 1. The Bertz CT molecular complexity index is 327. The van der Waals surface area contributed by atoms with Gasteiger partial charge < -0.3 is 4.90 Å². The number of hydrogen-bond acceptors (Lipinski definition) is 4. The molecular weight excluding hydrogens is 188 g/mol. The Hall–Kier alpha value is -1.16. The van der Waals surface area contributed by atoms with E-state index in [0.29, 0.717) is 6.04 Å². The smallest absolute Gasteiger partial charge is 0.147 e. The predicted octanol–water partition coefficient (Wildman–Crippen LogP) is 0.761. The number of nitrogens with zero attached hydrogens (tertiary/aromatic N) is 4. The van der Waals surface area contributed by atoms with Crippen molar-refractivity contribution in [2.45, 2.75) is 18.9 Å². The summed E-state index contributed by atoms with van der Waals surface area (Å²) in [6.45, 7) is 4.76. The molecule has 0 aromatic carbocycles. The summed E-state index contributed by atoms with van der Waals surface area (Å²) in [6.07, 6.45) is 8.02. The van der Waals surface area contributed by atoms with Crippen molar-refractivity contribution in [2.24, 2.45) is 0 Å². The molecule has 0 amide bonds. The van der Waals surface area contributed by atoms with Crippen LogP contribution in [0.1, 0.15) is 12.8 Å². The zero-order valence-electron chi connectivity index (χ0n) is 8.84. The molecule has 2 aliphatic rings. The van der Waals surface area contributed by atoms with E-state index in [1.165, 1.54) is 32.5 Å². The van der Waals surface area contributed by atoms with Crippen LogP contribution in [0.5, 0.6) is 0 Å². The molecule has 4 nitrogen and oxygen atoms in total. The highest BCUT2D eigenvalue weighted by Crippen LogP contribution is 2.23. The minimum atomic E-state index is 0.657. The van der Waals surface area contributed by atoms with E-state index in [1.54, 1.807) is 12.4 Å². The number of aromatic nitrogens is 2. The lowest BCUT2D eigenvalue weighted by molar-refractivity contribution is 0.173. The van der Waals surface area contributed by atoms with E-state index in [9.17, 15) is 0 Å². The molecule has 1 aromatic rings. The van der Waals surface area contributed by atoms with Gasteiger partial charge in [0, 0.05) is 38.1 Å². The molecule has 1 aromatic heterocycles. The number of hydrogen-bond donors (Lipinski definition) is 0. The molecule has 15 heavy (non-hydrogen) atoms. The van der Waals surface area contributed by atoms with Crippen molar-refractivity contribution in [1.82, 2.24) is 14.9 Å². The first kappa shape index (κ1) is 9.09. The van der Waals surface area contributed by atoms with Crippen LogP contribution in [0.3, 0.4) is 0 Å². The minimum Gasteiger partial charge on any atom is -0.350 e. The van der Waals surface area contributed by atoms with E-state index in [0.717, 1.165) is 12.4 Å². The highest BCUT2D eigenvalue weighted by Gasteiger charge is 2.30. The Morgan fingerprint density at radius 1 is 1.20 bits per heavy atom. The van der Waals surface area contributed by atoms with Crippen molar-refractivity contribution in [2.75, 3.05) is 31.1 Å². The lowest BCUT2D eigenvalue weighted by Gasteiger charge is -2.45. The molecule has 2 saturated heterocycles. The van der Waals surface area contributed by atoms with E-state index in [4.69, 9.17) is 0 Å². The van der Waals surface area contributed by atoms with Gasteiger partial charge in [0.2, 0.25) is 0 Å². The normalized spacial score (nSPS) is 30.3. The summed E-state index contributed by atoms with van der Waals surface area (Å²) in [4.78, 5) is 13.5. The summed E-state index contributed by atoms with van der Waals surface area (Å²) < 4.78 is 0. The Kier molecular flexibility index (Phi) is 2.29. The zero-order valence-corrected chi connectivity index (χ0v) is 8.84. The molecule has 4 heteroatoms. The van der Waals surface area contributed by atoms with Crippen LogP contribution in [-0.4, -0.2) is 47.1 Å².